The van der Waals surface area contributed by atoms with E-state index in [-0.39, 0.29) is 23.5 Å². The Morgan fingerprint density at radius 1 is 1.40 bits per heavy atom. The standard InChI is InChI=1S/C18H26N2O3.C2HF3O2/c1-13(2)17(21)20-11-18(12-20)8-16(5-7-23-18)22-10-15-9-19-6-4-14(15)3;3-2(4,5)1(6)7/h4,6,9,13,16H,5,7-8,10-12H2,1-3H3;(H,6,7). The van der Waals surface area contributed by atoms with Gasteiger partial charge in [-0.15, -0.1) is 0 Å². The van der Waals surface area contributed by atoms with E-state index >= 15 is 0 Å². The summed E-state index contributed by atoms with van der Waals surface area (Å²) < 4.78 is 43.8. The van der Waals surface area contributed by atoms with Gasteiger partial charge in [0.25, 0.3) is 0 Å². The van der Waals surface area contributed by atoms with Crippen LogP contribution in [0, 0.1) is 12.8 Å². The predicted octanol–water partition coefficient (Wildman–Crippen LogP) is 2.96. The summed E-state index contributed by atoms with van der Waals surface area (Å²) in [4.78, 5) is 27.0. The van der Waals surface area contributed by atoms with Gasteiger partial charge in [0.15, 0.2) is 0 Å². The summed E-state index contributed by atoms with van der Waals surface area (Å²) in [6, 6.07) is 2.01. The van der Waals surface area contributed by atoms with Crippen molar-refractivity contribution in [2.75, 3.05) is 19.7 Å². The van der Waals surface area contributed by atoms with Crippen molar-refractivity contribution in [3.63, 3.8) is 0 Å². The number of hydrogen-bond donors (Lipinski definition) is 1. The molecule has 2 saturated heterocycles. The fourth-order valence-electron chi connectivity index (χ4n) is 3.37. The Morgan fingerprint density at radius 2 is 2.03 bits per heavy atom. The first-order valence-electron chi connectivity index (χ1n) is 9.67. The van der Waals surface area contributed by atoms with Crippen LogP contribution < -0.4 is 0 Å². The molecule has 7 nitrogen and oxygen atoms in total. The number of alkyl halides is 3. The summed E-state index contributed by atoms with van der Waals surface area (Å²) in [7, 11) is 0. The summed E-state index contributed by atoms with van der Waals surface area (Å²) in [5, 5.41) is 7.12. The van der Waals surface area contributed by atoms with E-state index in [9.17, 15) is 18.0 Å². The number of pyridine rings is 1. The molecule has 1 amide bonds. The van der Waals surface area contributed by atoms with Crippen molar-refractivity contribution in [3.8, 4) is 0 Å². The monoisotopic (exact) mass is 432 g/mol. The van der Waals surface area contributed by atoms with Gasteiger partial charge in [0.2, 0.25) is 5.91 Å². The number of likely N-dealkylation sites (tertiary alicyclic amines) is 1. The Bertz CT molecular complexity index is 748. The third-order valence-corrected chi connectivity index (χ3v) is 5.08. The molecule has 2 fully saturated rings. The van der Waals surface area contributed by atoms with E-state index in [0.29, 0.717) is 26.3 Å². The maximum atomic E-state index is 12.0. The molecule has 1 spiro atoms. The number of ether oxygens (including phenoxy) is 2. The summed E-state index contributed by atoms with van der Waals surface area (Å²) >= 11 is 0. The molecule has 1 aromatic heterocycles. The second-order valence-electron chi connectivity index (χ2n) is 7.91. The minimum absolute atomic E-state index is 0.0524. The molecule has 2 aliphatic heterocycles. The van der Waals surface area contributed by atoms with Crippen LogP contribution in [-0.4, -0.2) is 64.4 Å². The molecule has 30 heavy (non-hydrogen) atoms. The first-order chi connectivity index (χ1) is 13.9. The van der Waals surface area contributed by atoms with Crippen molar-refractivity contribution in [1.82, 2.24) is 9.88 Å². The summed E-state index contributed by atoms with van der Waals surface area (Å²) in [6.45, 7) is 8.67. The van der Waals surface area contributed by atoms with Gasteiger partial charge in [0.1, 0.15) is 5.60 Å². The van der Waals surface area contributed by atoms with Crippen molar-refractivity contribution < 1.29 is 37.3 Å². The lowest BCUT2D eigenvalue weighted by Crippen LogP contribution is -2.67. The van der Waals surface area contributed by atoms with E-state index in [4.69, 9.17) is 19.4 Å². The minimum Gasteiger partial charge on any atom is -0.475 e. The zero-order valence-corrected chi connectivity index (χ0v) is 17.2. The maximum Gasteiger partial charge on any atom is 0.490 e. The molecule has 0 radical (unpaired) electrons. The molecule has 1 N–H and O–H groups in total. The number of rotatable bonds is 4. The van der Waals surface area contributed by atoms with Gasteiger partial charge in [-0.2, -0.15) is 13.2 Å². The first kappa shape index (κ1) is 24.1. The van der Waals surface area contributed by atoms with Gasteiger partial charge < -0.3 is 19.5 Å². The molecule has 3 rings (SSSR count). The molecule has 0 aromatic carbocycles. The van der Waals surface area contributed by atoms with Crippen molar-refractivity contribution in [3.05, 3.63) is 29.6 Å². The van der Waals surface area contributed by atoms with Gasteiger partial charge in [0.05, 0.1) is 25.8 Å². The number of carboxylic acids is 1. The van der Waals surface area contributed by atoms with E-state index in [0.717, 1.165) is 18.4 Å². The van der Waals surface area contributed by atoms with Crippen LogP contribution in [0.3, 0.4) is 0 Å². The van der Waals surface area contributed by atoms with Gasteiger partial charge in [-0.1, -0.05) is 13.8 Å². The van der Waals surface area contributed by atoms with E-state index in [1.807, 2.05) is 31.0 Å². The fraction of sp³-hybridized carbons (Fsp3) is 0.650. The van der Waals surface area contributed by atoms with Crippen molar-refractivity contribution >= 4 is 11.9 Å². The Hall–Kier alpha value is -2.20. The van der Waals surface area contributed by atoms with E-state index in [1.165, 1.54) is 5.56 Å². The van der Waals surface area contributed by atoms with Crippen molar-refractivity contribution in [2.45, 2.75) is 58.1 Å². The lowest BCUT2D eigenvalue weighted by atomic mass is 9.84. The van der Waals surface area contributed by atoms with Crippen LogP contribution in [0.1, 0.15) is 37.8 Å². The summed E-state index contributed by atoms with van der Waals surface area (Å²) in [5.74, 6) is -2.49. The zero-order chi connectivity index (χ0) is 22.5. The third kappa shape index (κ3) is 6.40. The quantitative estimate of drug-likeness (QED) is 0.787. The zero-order valence-electron chi connectivity index (χ0n) is 17.2. The minimum atomic E-state index is -5.08. The highest BCUT2D eigenvalue weighted by atomic mass is 19.4. The largest absolute Gasteiger partial charge is 0.490 e. The predicted molar refractivity (Wildman–Crippen MR) is 101 cm³/mol. The number of hydrogen-bond acceptors (Lipinski definition) is 5. The van der Waals surface area contributed by atoms with Crippen LogP contribution in [0.15, 0.2) is 18.5 Å². The highest BCUT2D eigenvalue weighted by molar-refractivity contribution is 5.79. The SMILES string of the molecule is Cc1ccncc1COC1CCOC2(C1)CN(C(=O)C(C)C)C2.O=C(O)C(F)(F)F. The highest BCUT2D eigenvalue weighted by Gasteiger charge is 2.49. The Morgan fingerprint density at radius 3 is 2.57 bits per heavy atom. The number of carbonyl (C=O) groups is 2. The second-order valence-corrected chi connectivity index (χ2v) is 7.91. The van der Waals surface area contributed by atoms with Gasteiger partial charge >= 0.3 is 12.1 Å². The Kier molecular flexibility index (Phi) is 7.81. The van der Waals surface area contributed by atoms with Gasteiger partial charge in [-0.3, -0.25) is 9.78 Å². The van der Waals surface area contributed by atoms with Crippen LogP contribution in [0.2, 0.25) is 0 Å². The number of carboxylic acid groups (broad SMARTS) is 1. The van der Waals surface area contributed by atoms with E-state index in [2.05, 4.69) is 11.9 Å². The Balaban J connectivity index is 0.000000396. The van der Waals surface area contributed by atoms with Crippen molar-refractivity contribution in [1.29, 1.82) is 0 Å². The molecule has 168 valence electrons. The summed E-state index contributed by atoms with van der Waals surface area (Å²) in [6.07, 6.45) is 0.570. The van der Waals surface area contributed by atoms with Gasteiger partial charge in [-0.25, -0.2) is 4.79 Å². The maximum absolute atomic E-state index is 12.0. The first-order valence-corrected chi connectivity index (χ1v) is 9.67. The topological polar surface area (TPSA) is 89.0 Å². The van der Waals surface area contributed by atoms with Crippen LogP contribution in [0.25, 0.3) is 0 Å². The number of aliphatic carboxylic acids is 1. The molecular weight excluding hydrogens is 405 g/mol. The number of aryl methyl sites for hydroxylation is 1. The highest BCUT2D eigenvalue weighted by Crippen LogP contribution is 2.36. The molecular formula is C20H27F3N2O5. The van der Waals surface area contributed by atoms with Gasteiger partial charge in [0, 0.05) is 31.3 Å². The number of amides is 1. The van der Waals surface area contributed by atoms with E-state index in [1.54, 1.807) is 6.20 Å². The number of nitrogens with zero attached hydrogens (tertiary/aromatic N) is 2. The number of halogens is 3. The van der Waals surface area contributed by atoms with Crippen molar-refractivity contribution in [2.24, 2.45) is 5.92 Å². The molecule has 0 saturated carbocycles. The average molecular weight is 432 g/mol. The molecule has 3 heterocycles. The normalized spacial score (nSPS) is 20.4. The smallest absolute Gasteiger partial charge is 0.475 e. The third-order valence-electron chi connectivity index (χ3n) is 5.08. The molecule has 0 bridgehead atoms. The average Bonchev–Trinajstić information content (AvgIpc) is 2.64. The van der Waals surface area contributed by atoms with Crippen LogP contribution in [0.4, 0.5) is 13.2 Å². The molecule has 1 aromatic rings. The van der Waals surface area contributed by atoms with Crippen LogP contribution in [0.5, 0.6) is 0 Å². The molecule has 10 heteroatoms. The lowest BCUT2D eigenvalue weighted by molar-refractivity contribution is -0.204. The van der Waals surface area contributed by atoms with Gasteiger partial charge in [-0.05, 0) is 30.5 Å². The number of carbonyl (C=O) groups excluding carboxylic acids is 1. The molecule has 1 atom stereocenters. The lowest BCUT2D eigenvalue weighted by Gasteiger charge is -2.53. The second kappa shape index (κ2) is 9.74. The number of aromatic nitrogens is 1. The summed E-state index contributed by atoms with van der Waals surface area (Å²) in [5.41, 5.74) is 2.16. The van der Waals surface area contributed by atoms with E-state index < -0.39 is 12.1 Å². The fourth-order valence-corrected chi connectivity index (χ4v) is 3.37. The van der Waals surface area contributed by atoms with Crippen LogP contribution >= 0.6 is 0 Å². The molecule has 0 aliphatic carbocycles. The Labute approximate surface area is 173 Å². The molecule has 2 aliphatic rings. The molecule has 1 unspecified atom stereocenters. The van der Waals surface area contributed by atoms with Crippen LogP contribution in [-0.2, 0) is 25.7 Å².